The lowest BCUT2D eigenvalue weighted by Gasteiger charge is -1.86. The number of benzene rings is 1. The van der Waals surface area contributed by atoms with Crippen LogP contribution >= 0.6 is 0 Å². The third-order valence-corrected chi connectivity index (χ3v) is 2.29. The Morgan fingerprint density at radius 3 is 1.66 bits per heavy atom. The molecule has 6 heteroatoms. The van der Waals surface area contributed by atoms with Gasteiger partial charge in [0, 0.05) is 23.8 Å². The summed E-state index contributed by atoms with van der Waals surface area (Å²) in [4.78, 5) is 0. The Morgan fingerprint density at radius 1 is 0.906 bits per heavy atom. The molecule has 0 bridgehead atoms. The average Bonchev–Trinajstić information content (AvgIpc) is 2.82. The van der Waals surface area contributed by atoms with Crippen molar-refractivity contribution in [2.45, 2.75) is 27.2 Å². The molecule has 1 aromatic rings. The second-order valence-corrected chi connectivity index (χ2v) is 5.00. The fourth-order valence-electron chi connectivity index (χ4n) is 1.04. The average molecular weight is 428 g/mol. The summed E-state index contributed by atoms with van der Waals surface area (Å²) in [5.41, 5.74) is 1.62. The third kappa shape index (κ3) is 49.9. The highest BCUT2D eigenvalue weighted by atomic mass is 16.5. The molecule has 32 heavy (non-hydrogen) atoms. The first-order valence-corrected chi connectivity index (χ1v) is 9.25. The second-order valence-electron chi connectivity index (χ2n) is 5.00. The molecule has 1 aromatic carbocycles. The first-order chi connectivity index (χ1) is 15.4. The number of rotatable bonds is 3. The fourth-order valence-corrected chi connectivity index (χ4v) is 1.04. The Labute approximate surface area is 192 Å². The van der Waals surface area contributed by atoms with Gasteiger partial charge in [-0.1, -0.05) is 56.0 Å². The summed E-state index contributed by atoms with van der Waals surface area (Å²) in [6.07, 6.45) is 13.2. The number of ether oxygens (including phenoxy) is 1. The summed E-state index contributed by atoms with van der Waals surface area (Å²) in [5.74, 6) is 0. The lowest BCUT2D eigenvalue weighted by atomic mass is 10.2. The van der Waals surface area contributed by atoms with Crippen LogP contribution in [0.4, 0.5) is 0 Å². The van der Waals surface area contributed by atoms with Crippen LogP contribution in [0.1, 0.15) is 32.8 Å². The van der Waals surface area contributed by atoms with Gasteiger partial charge < -0.3 is 4.74 Å². The van der Waals surface area contributed by atoms with Gasteiger partial charge in [0.1, 0.15) is 0 Å². The van der Waals surface area contributed by atoms with Crippen LogP contribution in [0.5, 0.6) is 0 Å². The molecule has 0 spiro atoms. The predicted octanol–water partition coefficient (Wildman–Crippen LogP) is 6.54. The molecule has 164 valence electrons. The van der Waals surface area contributed by atoms with Gasteiger partial charge in [0.15, 0.2) is 0 Å². The van der Waals surface area contributed by atoms with Gasteiger partial charge in [-0.05, 0) is 31.9 Å². The predicted molar refractivity (Wildman–Crippen MR) is 129 cm³/mol. The molecule has 0 fully saturated rings. The van der Waals surface area contributed by atoms with E-state index < -0.39 is 0 Å². The number of allylic oxidation sites excluding steroid dienone is 7. The van der Waals surface area contributed by atoms with E-state index in [4.69, 9.17) is 26.3 Å². The monoisotopic (exact) mass is 427 g/mol. The molecule has 0 saturated carbocycles. The highest BCUT2D eigenvalue weighted by molar-refractivity contribution is 5.51. The highest BCUT2D eigenvalue weighted by Gasteiger charge is 1.79. The molecule has 0 aromatic heterocycles. The lowest BCUT2D eigenvalue weighted by molar-refractivity contribution is 0.338. The van der Waals surface area contributed by atoms with Crippen molar-refractivity contribution in [3.63, 3.8) is 0 Å². The first kappa shape index (κ1) is 34.7. The van der Waals surface area contributed by atoms with Crippen molar-refractivity contribution in [1.29, 1.82) is 26.3 Å². The van der Waals surface area contributed by atoms with E-state index in [9.17, 15) is 0 Å². The zero-order chi connectivity index (χ0) is 25.3. The molecule has 0 N–H and O–H groups in total. The molecule has 0 saturated heterocycles. The van der Waals surface area contributed by atoms with Crippen LogP contribution < -0.4 is 0 Å². The van der Waals surface area contributed by atoms with Crippen molar-refractivity contribution in [2.24, 2.45) is 0 Å². The van der Waals surface area contributed by atoms with Crippen LogP contribution in [0, 0.1) is 56.7 Å². The summed E-state index contributed by atoms with van der Waals surface area (Å²) in [7, 11) is 1.49. The summed E-state index contributed by atoms with van der Waals surface area (Å²) in [6, 6.07) is 19.0. The van der Waals surface area contributed by atoms with E-state index in [1.165, 1.54) is 37.7 Å². The van der Waals surface area contributed by atoms with E-state index in [0.717, 1.165) is 12.0 Å². The molecule has 0 heterocycles. The van der Waals surface area contributed by atoms with Crippen molar-refractivity contribution in [3.8, 4) is 30.3 Å². The quantitative estimate of drug-likeness (QED) is 0.398. The van der Waals surface area contributed by atoms with Gasteiger partial charge in [-0.25, -0.2) is 0 Å². The van der Waals surface area contributed by atoms with Crippen molar-refractivity contribution < 1.29 is 4.74 Å². The van der Waals surface area contributed by atoms with Gasteiger partial charge in [0.2, 0.25) is 0 Å². The minimum atomic E-state index is 0.560. The summed E-state index contributed by atoms with van der Waals surface area (Å²) >= 11 is 0. The normalized spacial score (nSPS) is 8.22. The standard InChI is InChI=1S/C9H7N.C5H7N.C4H5NO.2C4H5N/c10-8-4-7-9-5-2-1-3-6-9;1-2-3-4-5-6;1-6-4-2-3-5;1-4(2)3-5;1-2-3-4-5/h1-7H;3-4H,2H2,1H3;2,4H,1H3;1H2,2H3;2-3H,1H3/b7-4+;4-3-;4-2+;;3-2+. The zero-order valence-corrected chi connectivity index (χ0v) is 19.1. The first-order valence-electron chi connectivity index (χ1n) is 9.25. The van der Waals surface area contributed by atoms with Crippen molar-refractivity contribution in [3.05, 3.63) is 90.8 Å². The molecule has 1 rings (SSSR count). The van der Waals surface area contributed by atoms with Crippen LogP contribution in [0.2, 0.25) is 0 Å². The van der Waals surface area contributed by atoms with Crippen LogP contribution in [0.15, 0.2) is 85.2 Å². The highest BCUT2D eigenvalue weighted by Crippen LogP contribution is 1.99. The van der Waals surface area contributed by atoms with E-state index in [-0.39, 0.29) is 0 Å². The molecule has 0 atom stereocenters. The molecule has 0 unspecified atom stereocenters. The molecule has 0 aliphatic heterocycles. The maximum Gasteiger partial charge on any atom is 0.0944 e. The van der Waals surface area contributed by atoms with Crippen LogP contribution in [-0.2, 0) is 4.74 Å². The van der Waals surface area contributed by atoms with Crippen molar-refractivity contribution in [1.82, 2.24) is 0 Å². The Morgan fingerprint density at radius 2 is 1.41 bits per heavy atom. The minimum absolute atomic E-state index is 0.560. The zero-order valence-electron chi connectivity index (χ0n) is 19.1. The Balaban J connectivity index is -0.000000159. The molecule has 0 amide bonds. The van der Waals surface area contributed by atoms with E-state index in [1.807, 2.05) is 74.5 Å². The van der Waals surface area contributed by atoms with Crippen LogP contribution in [-0.4, -0.2) is 7.11 Å². The van der Waals surface area contributed by atoms with E-state index in [2.05, 4.69) is 11.3 Å². The summed E-state index contributed by atoms with van der Waals surface area (Å²) in [5, 5.41) is 39.4. The van der Waals surface area contributed by atoms with Crippen LogP contribution in [0.3, 0.4) is 0 Å². The topological polar surface area (TPSA) is 128 Å². The van der Waals surface area contributed by atoms with Gasteiger partial charge in [0.05, 0.1) is 49.8 Å². The number of methoxy groups -OCH3 is 1. The van der Waals surface area contributed by atoms with E-state index in [0.29, 0.717) is 5.57 Å². The van der Waals surface area contributed by atoms with Crippen molar-refractivity contribution >= 4 is 6.08 Å². The van der Waals surface area contributed by atoms with Crippen LogP contribution in [0.25, 0.3) is 6.08 Å². The largest absolute Gasteiger partial charge is 0.504 e. The minimum Gasteiger partial charge on any atom is -0.504 e. The van der Waals surface area contributed by atoms with Gasteiger partial charge in [0.25, 0.3) is 0 Å². The Kier molecular flexibility index (Phi) is 40.1. The number of nitriles is 5. The number of hydrogen-bond donors (Lipinski definition) is 0. The van der Waals surface area contributed by atoms with Gasteiger partial charge in [-0.2, -0.15) is 26.3 Å². The second kappa shape index (κ2) is 37.0. The molecule has 6 nitrogen and oxygen atoms in total. The van der Waals surface area contributed by atoms with Gasteiger partial charge in [-0.15, -0.1) is 0 Å². The Hall–Kier alpha value is -4.83. The van der Waals surface area contributed by atoms with Gasteiger partial charge >= 0.3 is 0 Å². The van der Waals surface area contributed by atoms with E-state index >= 15 is 0 Å². The number of hydrogen-bond acceptors (Lipinski definition) is 6. The molecule has 0 aliphatic rings. The molecule has 0 radical (unpaired) electrons. The van der Waals surface area contributed by atoms with E-state index in [1.54, 1.807) is 25.1 Å². The SMILES string of the molecule is C/C=C/C#N.C=C(C)C#N.CC/C=C\C#N.CO/C=C/C#N.N#C/C=C/c1ccccc1. The van der Waals surface area contributed by atoms with Crippen molar-refractivity contribution in [2.75, 3.05) is 7.11 Å². The maximum atomic E-state index is 8.19. The third-order valence-electron chi connectivity index (χ3n) is 2.29. The maximum absolute atomic E-state index is 8.19. The smallest absolute Gasteiger partial charge is 0.0944 e. The number of nitrogens with zero attached hydrogens (tertiary/aromatic N) is 5. The molecular weight excluding hydrogens is 398 g/mol. The summed E-state index contributed by atoms with van der Waals surface area (Å²) in [6.45, 7) is 8.78. The summed E-state index contributed by atoms with van der Waals surface area (Å²) < 4.78 is 4.38. The fraction of sp³-hybridized carbons (Fsp3) is 0.192. The Bertz CT molecular complexity index is 867. The van der Waals surface area contributed by atoms with Gasteiger partial charge in [-0.3, -0.25) is 0 Å². The molecule has 0 aliphatic carbocycles. The lowest BCUT2D eigenvalue weighted by Crippen LogP contribution is -1.65. The molecular formula is C26H29N5O.